The molecule has 0 saturated heterocycles. The molecule has 0 rings (SSSR count). The zero-order valence-corrected chi connectivity index (χ0v) is 27.4. The Kier molecular flexibility index (Phi) is 793. The van der Waals surface area contributed by atoms with Crippen LogP contribution in [0, 0.1) is 0 Å². The Labute approximate surface area is 171 Å². The van der Waals surface area contributed by atoms with Crippen LogP contribution < -0.4 is 0 Å². The van der Waals surface area contributed by atoms with Crippen LogP contribution in [0.4, 0.5) is 0 Å². The van der Waals surface area contributed by atoms with E-state index < -0.39 is 0 Å². The van der Waals surface area contributed by atoms with Crippen molar-refractivity contribution in [2.24, 2.45) is 0 Å². The molecule has 0 aliphatic carbocycles. The summed E-state index contributed by atoms with van der Waals surface area (Å²) in [5.74, 6) is 0. The fourth-order valence-corrected chi connectivity index (χ4v) is 0. The van der Waals surface area contributed by atoms with Gasteiger partial charge in [-0.25, -0.2) is 0 Å². The van der Waals surface area contributed by atoms with Crippen molar-refractivity contribution in [1.82, 2.24) is 0 Å². The van der Waals surface area contributed by atoms with E-state index in [1.165, 1.54) is 0 Å². The first-order valence-electron chi connectivity index (χ1n) is 0. The van der Waals surface area contributed by atoms with Crippen LogP contribution >= 0.6 is 39.6 Å². The quantitative estimate of drug-likeness (QED) is 0.273. The van der Waals surface area contributed by atoms with E-state index in [4.69, 9.17) is 0 Å². The van der Waals surface area contributed by atoms with Crippen molar-refractivity contribution >= 4 is 92.4 Å². The van der Waals surface area contributed by atoms with Gasteiger partial charge in [0.2, 0.25) is 0 Å². The number of hydrogen-bond acceptors (Lipinski definition) is 0. The molecule has 0 N–H and O–H groups in total. The molecule has 0 fully saturated rings. The van der Waals surface area contributed by atoms with Crippen LogP contribution in [0.1, 0.15) is 0 Å². The molecular weight excluding hydrogens is 679 g/mol. The molecule has 0 atom stereocenters. The Balaban J connectivity index is 0. The summed E-state index contributed by atoms with van der Waals surface area (Å²) >= 11 is 0. The second-order valence-electron chi connectivity index (χ2n) is 0. The van der Waals surface area contributed by atoms with Crippen LogP contribution in [0.2, 0.25) is 0 Å². The van der Waals surface area contributed by atoms with Crippen molar-refractivity contribution in [2.75, 3.05) is 0 Å². The minimum Gasteiger partial charge on any atom is -3.00 e. The zero-order chi connectivity index (χ0) is 0. The van der Waals surface area contributed by atoms with E-state index in [0.29, 0.717) is 0 Å². The second kappa shape index (κ2) is 80.5. The largest absolute Gasteiger partial charge is 4.00 e. The maximum absolute atomic E-state index is 0. The Morgan fingerprint density at radius 2 is 0.300 bits per heavy atom. The normalized spacial score (nSPS) is 0. The molecule has 0 bridgehead atoms. The molecule has 0 aliphatic rings. The van der Waals surface area contributed by atoms with Crippen LogP contribution in [0.5, 0.6) is 0 Å². The fourth-order valence-electron chi connectivity index (χ4n) is 0. The van der Waals surface area contributed by atoms with Gasteiger partial charge in [0.25, 0.3) is 0 Å². The Morgan fingerprint density at radius 1 is 0.300 bits per heavy atom. The molecule has 0 aliphatic heterocycles. The van der Waals surface area contributed by atoms with E-state index in [1.807, 2.05) is 0 Å². The average Bonchev–Trinajstić information content (AvgIpc) is 0. The molecule has 10 heteroatoms. The van der Waals surface area contributed by atoms with Crippen LogP contribution in [-0.2, 0) is 81.9 Å². The number of hydrogen-bond donors (Lipinski definition) is 0. The van der Waals surface area contributed by atoms with Crippen molar-refractivity contribution < 1.29 is 81.9 Å². The third-order valence-electron chi connectivity index (χ3n) is 0. The second-order valence-corrected chi connectivity index (χ2v) is 0. The minimum absolute atomic E-state index is 0. The van der Waals surface area contributed by atoms with Gasteiger partial charge in [0, 0.05) is 81.9 Å². The number of rotatable bonds is 0. The van der Waals surface area contributed by atoms with Gasteiger partial charge in [-0.2, -0.15) is 0 Å². The molecule has 0 amide bonds. The van der Waals surface area contributed by atoms with Crippen molar-refractivity contribution in [3.05, 3.63) is 0 Å². The van der Waals surface area contributed by atoms with Crippen molar-refractivity contribution in [3.63, 3.8) is 0 Å². The third-order valence-corrected chi connectivity index (χ3v) is 0. The molecule has 38 valence electrons. The standard InChI is InChI=1S/3Cd.3Ge.4P/q;;;3*+4;4*-3. The van der Waals surface area contributed by atoms with E-state index in [9.17, 15) is 0 Å². The average molecular weight is 679 g/mol. The maximum atomic E-state index is 0. The summed E-state index contributed by atoms with van der Waals surface area (Å²) < 4.78 is 0. The monoisotopic (exact) mass is 687 g/mol. The summed E-state index contributed by atoms with van der Waals surface area (Å²) in [6.07, 6.45) is 0. The fraction of sp³-hybridized carbons (Fsp3) is 0. The first-order chi connectivity index (χ1) is 0. The molecule has 0 aromatic heterocycles. The first kappa shape index (κ1) is 98.5. The smallest absolute Gasteiger partial charge is 3.00 e. The van der Waals surface area contributed by atoms with Gasteiger partial charge in [0.1, 0.15) is 0 Å². The van der Waals surface area contributed by atoms with Crippen LogP contribution in [0.15, 0.2) is 0 Å². The van der Waals surface area contributed by atoms with Crippen LogP contribution in [0.25, 0.3) is 0 Å². The molecule has 10 heavy (non-hydrogen) atoms. The molecular formula is Cd3Ge3P4. The van der Waals surface area contributed by atoms with Crippen molar-refractivity contribution in [3.8, 4) is 0 Å². The van der Waals surface area contributed by atoms with Crippen LogP contribution in [0.3, 0.4) is 0 Å². The molecule has 0 heterocycles. The van der Waals surface area contributed by atoms with Gasteiger partial charge in [0.05, 0.1) is 0 Å². The molecule has 0 aromatic carbocycles. The van der Waals surface area contributed by atoms with E-state index in [2.05, 4.69) is 0 Å². The summed E-state index contributed by atoms with van der Waals surface area (Å²) in [7, 11) is 0. The van der Waals surface area contributed by atoms with Gasteiger partial charge in [-0.1, -0.05) is 0 Å². The van der Waals surface area contributed by atoms with Gasteiger partial charge < -0.3 is 39.6 Å². The molecule has 0 spiro atoms. The maximum Gasteiger partial charge on any atom is 4.00 e. The molecule has 0 saturated carbocycles. The summed E-state index contributed by atoms with van der Waals surface area (Å²) in [4.78, 5) is 0. The van der Waals surface area contributed by atoms with E-state index >= 15 is 0 Å². The predicted molar refractivity (Wildman–Crippen MR) is 44.9 cm³/mol. The van der Waals surface area contributed by atoms with Gasteiger partial charge in [-0.3, -0.25) is 0 Å². The topological polar surface area (TPSA) is 0 Å². The third kappa shape index (κ3) is 64.9. The summed E-state index contributed by atoms with van der Waals surface area (Å²) in [6.45, 7) is 0. The Morgan fingerprint density at radius 3 is 0.300 bits per heavy atom. The summed E-state index contributed by atoms with van der Waals surface area (Å²) in [5.41, 5.74) is 0. The van der Waals surface area contributed by atoms with Crippen molar-refractivity contribution in [1.29, 1.82) is 0 Å². The predicted octanol–water partition coefficient (Wildman–Crippen LogP) is 2.29. The van der Waals surface area contributed by atoms with E-state index in [0.717, 1.165) is 0 Å². The molecule has 0 nitrogen and oxygen atoms in total. The summed E-state index contributed by atoms with van der Waals surface area (Å²) in [5, 5.41) is 0. The van der Waals surface area contributed by atoms with Gasteiger partial charge in [0.15, 0.2) is 0 Å². The van der Waals surface area contributed by atoms with Gasteiger partial charge in [-0.15, -0.1) is 0 Å². The molecule has 0 radical (unpaired) electrons. The molecule has 0 unspecified atom stereocenters. The summed E-state index contributed by atoms with van der Waals surface area (Å²) in [6, 6.07) is 0. The minimum atomic E-state index is 0. The van der Waals surface area contributed by atoms with Crippen LogP contribution in [-0.4, -0.2) is 52.8 Å². The van der Waals surface area contributed by atoms with Gasteiger partial charge >= 0.3 is 52.8 Å². The first-order valence-corrected chi connectivity index (χ1v) is 0. The van der Waals surface area contributed by atoms with E-state index in [1.54, 1.807) is 0 Å². The van der Waals surface area contributed by atoms with E-state index in [-0.39, 0.29) is 174 Å². The van der Waals surface area contributed by atoms with Crippen molar-refractivity contribution in [2.45, 2.75) is 0 Å². The SMILES string of the molecule is [Cd].[Cd].[Cd].[Ge+4].[Ge+4].[Ge+4].[P-3].[P-3].[P-3].[P-3]. The Hall–Kier alpha value is 6.11. The van der Waals surface area contributed by atoms with Gasteiger partial charge in [-0.05, 0) is 0 Å². The zero-order valence-electron chi connectivity index (χ0n) is 5.41. The molecule has 0 aromatic rings. The Bertz CT molecular complexity index is 15.7.